The molecule has 106 valence electrons. The molecule has 18 heavy (non-hydrogen) atoms. The minimum absolute atomic E-state index is 0.782. The Morgan fingerprint density at radius 1 is 1.17 bits per heavy atom. The van der Waals surface area contributed by atoms with Crippen LogP contribution < -0.4 is 5.32 Å². The monoisotopic (exact) mass is 252 g/mol. The lowest BCUT2D eigenvalue weighted by atomic mass is 9.85. The topological polar surface area (TPSA) is 15.3 Å². The molecule has 2 heteroatoms. The molecule has 0 spiro atoms. The lowest BCUT2D eigenvalue weighted by Gasteiger charge is -2.43. The van der Waals surface area contributed by atoms with Gasteiger partial charge in [0.05, 0.1) is 0 Å². The first-order chi connectivity index (χ1) is 8.61. The van der Waals surface area contributed by atoms with Gasteiger partial charge >= 0.3 is 0 Å². The van der Waals surface area contributed by atoms with Crippen molar-refractivity contribution >= 4 is 0 Å². The van der Waals surface area contributed by atoms with Gasteiger partial charge in [-0.05, 0) is 50.5 Å². The fourth-order valence-electron chi connectivity index (χ4n) is 4.16. The Bertz CT molecular complexity index is 253. The molecular formula is C16H32N2. The van der Waals surface area contributed by atoms with Crippen LogP contribution in [0.15, 0.2) is 0 Å². The van der Waals surface area contributed by atoms with Crippen molar-refractivity contribution in [3.05, 3.63) is 0 Å². The lowest BCUT2D eigenvalue weighted by Crippen LogP contribution is -2.49. The third-order valence-corrected chi connectivity index (χ3v) is 5.31. The van der Waals surface area contributed by atoms with Crippen LogP contribution >= 0.6 is 0 Å². The highest BCUT2D eigenvalue weighted by atomic mass is 15.2. The van der Waals surface area contributed by atoms with Crippen LogP contribution in [0.25, 0.3) is 0 Å². The van der Waals surface area contributed by atoms with E-state index in [4.69, 9.17) is 0 Å². The third-order valence-electron chi connectivity index (χ3n) is 5.31. The number of nitrogens with one attached hydrogen (secondary N) is 1. The number of piperidine rings is 1. The van der Waals surface area contributed by atoms with Crippen molar-refractivity contribution in [3.63, 3.8) is 0 Å². The molecule has 1 saturated carbocycles. The molecule has 1 saturated heterocycles. The molecule has 0 radical (unpaired) electrons. The van der Waals surface area contributed by atoms with Gasteiger partial charge in [-0.15, -0.1) is 0 Å². The van der Waals surface area contributed by atoms with E-state index in [-0.39, 0.29) is 0 Å². The van der Waals surface area contributed by atoms with Crippen LogP contribution in [0, 0.1) is 17.8 Å². The number of hydrogen-bond acceptors (Lipinski definition) is 2. The van der Waals surface area contributed by atoms with E-state index in [9.17, 15) is 0 Å². The van der Waals surface area contributed by atoms with E-state index in [2.05, 4.69) is 37.9 Å². The highest BCUT2D eigenvalue weighted by Crippen LogP contribution is 2.31. The van der Waals surface area contributed by atoms with Crippen LogP contribution in [0.3, 0.4) is 0 Å². The third kappa shape index (κ3) is 3.27. The van der Waals surface area contributed by atoms with Crippen LogP contribution in [-0.2, 0) is 0 Å². The van der Waals surface area contributed by atoms with Crippen molar-refractivity contribution < 1.29 is 0 Å². The summed E-state index contributed by atoms with van der Waals surface area (Å²) in [6.07, 6.45) is 5.67. The quantitative estimate of drug-likeness (QED) is 0.827. The molecule has 0 aromatic rings. The van der Waals surface area contributed by atoms with Gasteiger partial charge < -0.3 is 5.32 Å². The Hall–Kier alpha value is -0.0800. The van der Waals surface area contributed by atoms with Crippen molar-refractivity contribution in [1.29, 1.82) is 0 Å². The fraction of sp³-hybridized carbons (Fsp3) is 1.00. The van der Waals surface area contributed by atoms with E-state index in [1.807, 2.05) is 0 Å². The zero-order chi connectivity index (χ0) is 13.1. The SMILES string of the molecule is CCNC1CCCC1CN1CC(C)CC(C)C1C. The van der Waals surface area contributed by atoms with Crippen LogP contribution in [0.2, 0.25) is 0 Å². The second-order valence-electron chi connectivity index (χ2n) is 6.87. The normalized spacial score (nSPS) is 42.3. The summed E-state index contributed by atoms with van der Waals surface area (Å²) in [4.78, 5) is 2.78. The second kappa shape index (κ2) is 6.38. The van der Waals surface area contributed by atoms with Crippen LogP contribution in [-0.4, -0.2) is 36.6 Å². The highest BCUT2D eigenvalue weighted by molar-refractivity contribution is 4.89. The second-order valence-corrected chi connectivity index (χ2v) is 6.87. The van der Waals surface area contributed by atoms with E-state index in [0.29, 0.717) is 0 Å². The van der Waals surface area contributed by atoms with Crippen molar-refractivity contribution in [1.82, 2.24) is 10.2 Å². The van der Waals surface area contributed by atoms with E-state index >= 15 is 0 Å². The van der Waals surface area contributed by atoms with E-state index in [1.165, 1.54) is 38.8 Å². The predicted octanol–water partition coefficient (Wildman–Crippen LogP) is 3.13. The molecule has 2 rings (SSSR count). The van der Waals surface area contributed by atoms with Gasteiger partial charge in [0.2, 0.25) is 0 Å². The van der Waals surface area contributed by atoms with Gasteiger partial charge in [-0.25, -0.2) is 0 Å². The summed E-state index contributed by atoms with van der Waals surface area (Å²) < 4.78 is 0. The van der Waals surface area contributed by atoms with Gasteiger partial charge in [0.1, 0.15) is 0 Å². The Kier molecular flexibility index (Phi) is 5.08. The Balaban J connectivity index is 1.91. The number of hydrogen-bond donors (Lipinski definition) is 1. The maximum absolute atomic E-state index is 3.69. The standard InChI is InChI=1S/C16H32N2/c1-5-17-16-8-6-7-15(16)11-18-10-12(2)9-13(3)14(18)4/h12-17H,5-11H2,1-4H3. The van der Waals surface area contributed by atoms with Crippen LogP contribution in [0.1, 0.15) is 53.4 Å². The molecule has 0 bridgehead atoms. The molecule has 1 N–H and O–H groups in total. The van der Waals surface area contributed by atoms with Gasteiger partial charge in [0.25, 0.3) is 0 Å². The van der Waals surface area contributed by atoms with Gasteiger partial charge in [0.15, 0.2) is 0 Å². The van der Waals surface area contributed by atoms with Gasteiger partial charge in [0, 0.05) is 25.2 Å². The highest BCUT2D eigenvalue weighted by Gasteiger charge is 2.33. The number of nitrogens with zero attached hydrogens (tertiary/aromatic N) is 1. The Morgan fingerprint density at radius 2 is 1.94 bits per heavy atom. The first-order valence-electron chi connectivity index (χ1n) is 8.09. The molecule has 2 aliphatic rings. The molecule has 5 unspecified atom stereocenters. The van der Waals surface area contributed by atoms with Gasteiger partial charge in [-0.3, -0.25) is 4.90 Å². The number of likely N-dealkylation sites (tertiary alicyclic amines) is 1. The molecule has 2 nitrogen and oxygen atoms in total. The summed E-state index contributed by atoms with van der Waals surface area (Å²) in [7, 11) is 0. The molecule has 2 fully saturated rings. The van der Waals surface area contributed by atoms with E-state index < -0.39 is 0 Å². The molecule has 1 aliphatic carbocycles. The largest absolute Gasteiger partial charge is 0.314 e. The predicted molar refractivity (Wildman–Crippen MR) is 78.8 cm³/mol. The molecule has 5 atom stereocenters. The lowest BCUT2D eigenvalue weighted by molar-refractivity contribution is 0.0615. The van der Waals surface area contributed by atoms with Crippen molar-refractivity contribution in [2.45, 2.75) is 65.5 Å². The van der Waals surface area contributed by atoms with Crippen molar-refractivity contribution in [2.75, 3.05) is 19.6 Å². The van der Waals surface area contributed by atoms with Gasteiger partial charge in [-0.2, -0.15) is 0 Å². The summed E-state index contributed by atoms with van der Waals surface area (Å²) in [6, 6.07) is 1.57. The minimum atomic E-state index is 0.782. The number of rotatable bonds is 4. The smallest absolute Gasteiger partial charge is 0.0107 e. The fourth-order valence-corrected chi connectivity index (χ4v) is 4.16. The van der Waals surface area contributed by atoms with E-state index in [0.717, 1.165) is 36.4 Å². The molecule has 1 heterocycles. The first kappa shape index (κ1) is 14.3. The van der Waals surface area contributed by atoms with Gasteiger partial charge in [-0.1, -0.05) is 27.2 Å². The summed E-state index contributed by atoms with van der Waals surface area (Å²) >= 11 is 0. The maximum Gasteiger partial charge on any atom is 0.0107 e. The van der Waals surface area contributed by atoms with Crippen molar-refractivity contribution in [3.8, 4) is 0 Å². The Labute approximate surface area is 114 Å². The minimum Gasteiger partial charge on any atom is -0.314 e. The molecule has 0 amide bonds. The van der Waals surface area contributed by atoms with Crippen LogP contribution in [0.4, 0.5) is 0 Å². The molecular weight excluding hydrogens is 220 g/mol. The van der Waals surface area contributed by atoms with Crippen molar-refractivity contribution in [2.24, 2.45) is 17.8 Å². The average molecular weight is 252 g/mol. The molecule has 0 aromatic carbocycles. The maximum atomic E-state index is 3.69. The summed E-state index contributed by atoms with van der Waals surface area (Å²) in [5.74, 6) is 2.65. The van der Waals surface area contributed by atoms with E-state index in [1.54, 1.807) is 0 Å². The average Bonchev–Trinajstić information content (AvgIpc) is 2.73. The Morgan fingerprint density at radius 3 is 2.67 bits per heavy atom. The molecule has 1 aliphatic heterocycles. The summed E-state index contributed by atoms with van der Waals surface area (Å²) in [5, 5.41) is 3.69. The summed E-state index contributed by atoms with van der Waals surface area (Å²) in [5.41, 5.74) is 0. The first-order valence-corrected chi connectivity index (χ1v) is 8.09. The zero-order valence-corrected chi connectivity index (χ0v) is 12.8. The van der Waals surface area contributed by atoms with Crippen LogP contribution in [0.5, 0.6) is 0 Å². The zero-order valence-electron chi connectivity index (χ0n) is 12.8. The summed E-state index contributed by atoms with van der Waals surface area (Å²) in [6.45, 7) is 13.3. The molecule has 0 aromatic heterocycles.